The maximum atomic E-state index is 14.4. The molecule has 1 aliphatic rings. The Morgan fingerprint density at radius 2 is 1.69 bits per heavy atom. The molecule has 4 aromatic rings. The van der Waals surface area contributed by atoms with Gasteiger partial charge in [0.2, 0.25) is 5.91 Å². The number of methoxy groups -OCH3 is 1. The Morgan fingerprint density at radius 3 is 2.40 bits per heavy atom. The summed E-state index contributed by atoms with van der Waals surface area (Å²) < 4.78 is 72.8. The summed E-state index contributed by atoms with van der Waals surface area (Å²) in [6, 6.07) is 19.6. The summed E-state index contributed by atoms with van der Waals surface area (Å²) in [5, 5.41) is 2.68. The number of ether oxygens (including phenoxy) is 3. The Hall–Kier alpha value is -4.97. The van der Waals surface area contributed by atoms with E-state index < -0.39 is 39.6 Å². The minimum Gasteiger partial charge on any atom is -0.493 e. The highest BCUT2D eigenvalue weighted by atomic mass is 32.2. The van der Waals surface area contributed by atoms with E-state index in [1.54, 1.807) is 49.4 Å². The first-order valence-corrected chi connectivity index (χ1v) is 15.5. The molecule has 0 fully saturated rings. The third-order valence-electron chi connectivity index (χ3n) is 7.21. The minimum absolute atomic E-state index is 0.0260. The van der Waals surface area contributed by atoms with E-state index in [1.165, 1.54) is 43.5 Å². The number of nitrogens with one attached hydrogen (secondary N) is 1. The molecule has 0 spiro atoms. The standard InChI is InChI=1S/C33H30F2N2O7S/c1-3-43-31-20-24(34)11-14-26(31)21-8-12-25(13-9-21)45(40,41)37-28-7-5-4-6-22(28)19-29(37)32(38)36-16-17-44-30-15-10-23(18-27(30)35)33(39)42-2/h4-15,18,20,29H,3,16-17,19H2,1-2H3,(H,36,38)/t29-/m0/s1. The van der Waals surface area contributed by atoms with Crippen molar-refractivity contribution in [3.8, 4) is 22.6 Å². The number of benzene rings is 4. The van der Waals surface area contributed by atoms with Crippen LogP contribution in [0.1, 0.15) is 22.8 Å². The van der Waals surface area contributed by atoms with Crippen molar-refractivity contribution in [1.29, 1.82) is 0 Å². The molecule has 5 rings (SSSR count). The van der Waals surface area contributed by atoms with Gasteiger partial charge in [0.05, 0.1) is 36.4 Å². The average Bonchev–Trinajstić information content (AvgIpc) is 3.44. The number of halogens is 2. The number of sulfonamides is 1. The predicted octanol–water partition coefficient (Wildman–Crippen LogP) is 5.13. The molecule has 234 valence electrons. The van der Waals surface area contributed by atoms with Gasteiger partial charge in [0, 0.05) is 18.1 Å². The van der Waals surface area contributed by atoms with E-state index in [0.717, 1.165) is 10.4 Å². The summed E-state index contributed by atoms with van der Waals surface area (Å²) in [5.41, 5.74) is 2.34. The molecule has 1 amide bonds. The van der Waals surface area contributed by atoms with Gasteiger partial charge < -0.3 is 19.5 Å². The first kappa shape index (κ1) is 31.5. The highest BCUT2D eigenvalue weighted by Crippen LogP contribution is 2.38. The highest BCUT2D eigenvalue weighted by molar-refractivity contribution is 7.93. The van der Waals surface area contributed by atoms with E-state index in [9.17, 15) is 26.8 Å². The molecular formula is C33H30F2N2O7S. The quantitative estimate of drug-likeness (QED) is 0.180. The number of nitrogens with zero attached hydrogens (tertiary/aromatic N) is 1. The second-order valence-electron chi connectivity index (χ2n) is 10.0. The molecule has 0 saturated heterocycles. The van der Waals surface area contributed by atoms with Crippen LogP contribution in [-0.4, -0.2) is 53.2 Å². The lowest BCUT2D eigenvalue weighted by atomic mass is 10.0. The SMILES string of the molecule is CCOc1cc(F)ccc1-c1ccc(S(=O)(=O)N2c3ccccc3C[C@H]2C(=O)NCCOc2ccc(C(=O)OC)cc2F)cc1. The Balaban J connectivity index is 1.32. The number of fused-ring (bicyclic) bond motifs is 1. The van der Waals surface area contributed by atoms with Crippen molar-refractivity contribution < 1.29 is 41.0 Å². The van der Waals surface area contributed by atoms with Crippen molar-refractivity contribution in [3.63, 3.8) is 0 Å². The molecule has 1 aliphatic heterocycles. The third kappa shape index (κ3) is 6.60. The smallest absolute Gasteiger partial charge is 0.337 e. The minimum atomic E-state index is -4.20. The van der Waals surface area contributed by atoms with Crippen LogP contribution in [-0.2, 0) is 26.0 Å². The number of esters is 1. The molecule has 4 aromatic carbocycles. The van der Waals surface area contributed by atoms with Gasteiger partial charge >= 0.3 is 5.97 Å². The molecule has 0 saturated carbocycles. The van der Waals surface area contributed by atoms with Crippen molar-refractivity contribution in [3.05, 3.63) is 108 Å². The van der Waals surface area contributed by atoms with Crippen molar-refractivity contribution in [1.82, 2.24) is 5.32 Å². The molecule has 0 aromatic heterocycles. The van der Waals surface area contributed by atoms with Crippen molar-refractivity contribution in [2.45, 2.75) is 24.3 Å². The number of amides is 1. The van der Waals surface area contributed by atoms with Gasteiger partial charge in [0.25, 0.3) is 10.0 Å². The van der Waals surface area contributed by atoms with E-state index in [4.69, 9.17) is 9.47 Å². The van der Waals surface area contributed by atoms with Crippen LogP contribution in [0.5, 0.6) is 11.5 Å². The fraction of sp³-hybridized carbons (Fsp3) is 0.212. The summed E-state index contributed by atoms with van der Waals surface area (Å²) >= 11 is 0. The normalized spacial score (nSPS) is 14.0. The zero-order chi connectivity index (χ0) is 32.1. The molecule has 1 N–H and O–H groups in total. The van der Waals surface area contributed by atoms with Gasteiger partial charge in [0.1, 0.15) is 24.2 Å². The highest BCUT2D eigenvalue weighted by Gasteiger charge is 2.42. The Labute approximate surface area is 259 Å². The summed E-state index contributed by atoms with van der Waals surface area (Å²) in [6.45, 7) is 1.96. The topological polar surface area (TPSA) is 111 Å². The van der Waals surface area contributed by atoms with E-state index in [2.05, 4.69) is 10.1 Å². The second-order valence-corrected chi connectivity index (χ2v) is 11.8. The monoisotopic (exact) mass is 636 g/mol. The van der Waals surface area contributed by atoms with Gasteiger partial charge in [-0.3, -0.25) is 9.10 Å². The van der Waals surface area contributed by atoms with Gasteiger partial charge in [-0.25, -0.2) is 22.0 Å². The summed E-state index contributed by atoms with van der Waals surface area (Å²) in [5.74, 6) is -2.25. The summed E-state index contributed by atoms with van der Waals surface area (Å²) in [7, 11) is -3.01. The van der Waals surface area contributed by atoms with Crippen LogP contribution in [0.4, 0.5) is 14.5 Å². The molecule has 45 heavy (non-hydrogen) atoms. The van der Waals surface area contributed by atoms with Crippen LogP contribution in [0.15, 0.2) is 89.8 Å². The molecule has 0 aliphatic carbocycles. The molecule has 0 radical (unpaired) electrons. The van der Waals surface area contributed by atoms with E-state index in [-0.39, 0.29) is 35.8 Å². The van der Waals surface area contributed by atoms with Crippen LogP contribution in [0.3, 0.4) is 0 Å². The van der Waals surface area contributed by atoms with Gasteiger partial charge in [0.15, 0.2) is 11.6 Å². The number of anilines is 1. The first-order chi connectivity index (χ1) is 21.6. The van der Waals surface area contributed by atoms with Crippen molar-refractivity contribution in [2.75, 3.05) is 31.2 Å². The molecule has 9 nitrogen and oxygen atoms in total. The first-order valence-electron chi connectivity index (χ1n) is 14.1. The maximum Gasteiger partial charge on any atom is 0.337 e. The predicted molar refractivity (Wildman–Crippen MR) is 163 cm³/mol. The summed E-state index contributed by atoms with van der Waals surface area (Å²) in [4.78, 5) is 24.9. The van der Waals surface area contributed by atoms with E-state index >= 15 is 0 Å². The molecule has 0 bridgehead atoms. The number of carbonyl (C=O) groups excluding carboxylic acids is 2. The zero-order valence-corrected chi connectivity index (χ0v) is 25.3. The zero-order valence-electron chi connectivity index (χ0n) is 24.5. The van der Waals surface area contributed by atoms with Gasteiger partial charge in [-0.1, -0.05) is 30.3 Å². The van der Waals surface area contributed by atoms with Crippen LogP contribution in [0.2, 0.25) is 0 Å². The second kappa shape index (κ2) is 13.3. The van der Waals surface area contributed by atoms with Crippen LogP contribution in [0.25, 0.3) is 11.1 Å². The Morgan fingerprint density at radius 1 is 0.933 bits per heavy atom. The fourth-order valence-electron chi connectivity index (χ4n) is 5.10. The number of para-hydroxylation sites is 1. The summed E-state index contributed by atoms with van der Waals surface area (Å²) in [6.07, 6.45) is 0.150. The fourth-order valence-corrected chi connectivity index (χ4v) is 6.75. The molecule has 1 heterocycles. The van der Waals surface area contributed by atoms with Crippen molar-refractivity contribution in [2.24, 2.45) is 0 Å². The van der Waals surface area contributed by atoms with Crippen LogP contribution >= 0.6 is 0 Å². The lowest BCUT2D eigenvalue weighted by molar-refractivity contribution is -0.122. The van der Waals surface area contributed by atoms with Gasteiger partial charge in [-0.05, 0) is 66.6 Å². The van der Waals surface area contributed by atoms with Crippen molar-refractivity contribution >= 4 is 27.6 Å². The molecule has 0 unspecified atom stereocenters. The van der Waals surface area contributed by atoms with E-state index in [1.807, 2.05) is 0 Å². The van der Waals surface area contributed by atoms with Crippen LogP contribution < -0.4 is 19.1 Å². The third-order valence-corrected chi connectivity index (χ3v) is 9.04. The number of hydrogen-bond donors (Lipinski definition) is 1. The van der Waals surface area contributed by atoms with E-state index in [0.29, 0.717) is 34.7 Å². The largest absolute Gasteiger partial charge is 0.493 e. The van der Waals surface area contributed by atoms with Gasteiger partial charge in [-0.2, -0.15) is 0 Å². The molecule has 12 heteroatoms. The lowest BCUT2D eigenvalue weighted by Crippen LogP contribution is -2.48. The average molecular weight is 637 g/mol. The molecule has 1 atom stereocenters. The molecular weight excluding hydrogens is 606 g/mol. The Kier molecular flexibility index (Phi) is 9.33. The lowest BCUT2D eigenvalue weighted by Gasteiger charge is -2.26. The maximum absolute atomic E-state index is 14.4. The van der Waals surface area contributed by atoms with Gasteiger partial charge in [-0.15, -0.1) is 0 Å². The van der Waals surface area contributed by atoms with Crippen LogP contribution in [0, 0.1) is 11.6 Å². The Bertz CT molecular complexity index is 1830. The number of rotatable bonds is 11. The number of carbonyl (C=O) groups is 2. The number of hydrogen-bond acceptors (Lipinski definition) is 7.